The number of nitrogens with zero attached hydrogens (tertiary/aromatic N) is 1. The number of amides is 3. The lowest BCUT2D eigenvalue weighted by Crippen LogP contribution is -2.58. The number of aliphatic hydroxyl groups is 1. The molecule has 0 bridgehead atoms. The second kappa shape index (κ2) is 14.1. The fraction of sp³-hybridized carbons (Fsp3) is 0.480. The molecule has 5 unspecified atom stereocenters. The van der Waals surface area contributed by atoms with Gasteiger partial charge in [0, 0.05) is 24.7 Å². The van der Waals surface area contributed by atoms with Crippen LogP contribution in [0.1, 0.15) is 38.4 Å². The van der Waals surface area contributed by atoms with E-state index in [9.17, 15) is 29.4 Å². The first-order chi connectivity index (χ1) is 17.5. The number of imidazole rings is 1. The molecule has 1 aromatic heterocycles. The molecule has 1 heterocycles. The molecule has 2 aromatic rings. The normalized spacial score (nSPS) is 15.2. The zero-order chi connectivity index (χ0) is 27.5. The Hall–Kier alpha value is -3.77. The van der Waals surface area contributed by atoms with E-state index in [1.807, 2.05) is 19.9 Å². The maximum atomic E-state index is 13.2. The molecule has 1 aromatic carbocycles. The van der Waals surface area contributed by atoms with Crippen molar-refractivity contribution in [2.45, 2.75) is 70.3 Å². The van der Waals surface area contributed by atoms with Gasteiger partial charge in [0.15, 0.2) is 0 Å². The first-order valence-electron chi connectivity index (χ1n) is 12.1. The summed E-state index contributed by atoms with van der Waals surface area (Å²) in [5.74, 6) is -3.27. The minimum absolute atomic E-state index is 0.00557. The van der Waals surface area contributed by atoms with Gasteiger partial charge in [-0.2, -0.15) is 0 Å². The van der Waals surface area contributed by atoms with E-state index in [2.05, 4.69) is 25.9 Å². The van der Waals surface area contributed by atoms with Crippen LogP contribution in [0.2, 0.25) is 0 Å². The smallest absolute Gasteiger partial charge is 0.326 e. The van der Waals surface area contributed by atoms with Gasteiger partial charge < -0.3 is 36.9 Å². The number of benzene rings is 1. The minimum Gasteiger partial charge on any atom is -0.480 e. The van der Waals surface area contributed by atoms with Crippen LogP contribution in [-0.4, -0.2) is 74.1 Å². The zero-order valence-corrected chi connectivity index (χ0v) is 21.2. The summed E-state index contributed by atoms with van der Waals surface area (Å²) in [4.78, 5) is 57.4. The summed E-state index contributed by atoms with van der Waals surface area (Å²) in [5, 5.41) is 27.0. The maximum absolute atomic E-state index is 13.2. The molecule has 8 N–H and O–H groups in total. The minimum atomic E-state index is -1.27. The van der Waals surface area contributed by atoms with E-state index in [1.54, 1.807) is 24.3 Å². The van der Waals surface area contributed by atoms with Gasteiger partial charge in [0.1, 0.15) is 24.2 Å². The van der Waals surface area contributed by atoms with Crippen LogP contribution in [0.25, 0.3) is 0 Å². The molecular weight excluding hydrogens is 480 g/mol. The number of carbonyl (C=O) groups is 4. The monoisotopic (exact) mass is 516 g/mol. The van der Waals surface area contributed by atoms with Crippen LogP contribution < -0.4 is 21.7 Å². The number of aromatic amines is 1. The van der Waals surface area contributed by atoms with Gasteiger partial charge in [0.25, 0.3) is 0 Å². The summed E-state index contributed by atoms with van der Waals surface area (Å²) < 4.78 is 0. The lowest BCUT2D eigenvalue weighted by atomic mass is 10.00. The number of H-pyrrole nitrogens is 1. The fourth-order valence-corrected chi connectivity index (χ4v) is 3.61. The topological polar surface area (TPSA) is 200 Å². The second-order valence-electron chi connectivity index (χ2n) is 9.39. The van der Waals surface area contributed by atoms with Crippen molar-refractivity contribution in [2.24, 2.45) is 11.7 Å². The Morgan fingerprint density at radius 2 is 1.51 bits per heavy atom. The van der Waals surface area contributed by atoms with Gasteiger partial charge in [-0.1, -0.05) is 44.2 Å². The van der Waals surface area contributed by atoms with Gasteiger partial charge in [-0.25, -0.2) is 9.78 Å². The highest BCUT2D eigenvalue weighted by atomic mass is 16.4. The van der Waals surface area contributed by atoms with E-state index in [1.165, 1.54) is 19.4 Å². The fourth-order valence-electron chi connectivity index (χ4n) is 3.61. The van der Waals surface area contributed by atoms with E-state index >= 15 is 0 Å². The number of carboxylic acids is 1. The van der Waals surface area contributed by atoms with Crippen molar-refractivity contribution in [1.29, 1.82) is 0 Å². The molecule has 0 aliphatic rings. The molecule has 12 nitrogen and oxygen atoms in total. The molecule has 0 fully saturated rings. The lowest BCUT2D eigenvalue weighted by Gasteiger charge is -2.26. The summed E-state index contributed by atoms with van der Waals surface area (Å²) >= 11 is 0. The van der Waals surface area contributed by atoms with Crippen molar-refractivity contribution < 1.29 is 29.4 Å². The van der Waals surface area contributed by atoms with Crippen LogP contribution in [0, 0.1) is 5.92 Å². The molecule has 0 saturated carbocycles. The number of carbonyl (C=O) groups excluding carboxylic acids is 3. The molecule has 0 spiro atoms. The van der Waals surface area contributed by atoms with Crippen molar-refractivity contribution in [2.75, 3.05) is 0 Å². The number of aromatic nitrogens is 2. The van der Waals surface area contributed by atoms with Gasteiger partial charge in [-0.3, -0.25) is 14.4 Å². The third-order valence-electron chi connectivity index (χ3n) is 5.67. The molecule has 12 heteroatoms. The first kappa shape index (κ1) is 29.5. The average Bonchev–Trinajstić information content (AvgIpc) is 3.35. The Bertz CT molecular complexity index is 1030. The number of hydrogen-bond acceptors (Lipinski definition) is 7. The Labute approximate surface area is 215 Å². The number of aliphatic hydroxyl groups excluding tert-OH is 1. The van der Waals surface area contributed by atoms with Crippen LogP contribution in [0.15, 0.2) is 42.9 Å². The third kappa shape index (κ3) is 9.66. The summed E-state index contributed by atoms with van der Waals surface area (Å²) in [6.07, 6.45) is 2.05. The highest BCUT2D eigenvalue weighted by Gasteiger charge is 2.31. The average molecular weight is 517 g/mol. The highest BCUT2D eigenvalue weighted by molar-refractivity contribution is 5.94. The van der Waals surface area contributed by atoms with Crippen LogP contribution in [0.4, 0.5) is 0 Å². The van der Waals surface area contributed by atoms with Gasteiger partial charge in [-0.15, -0.1) is 0 Å². The molecule has 0 radical (unpaired) electrons. The summed E-state index contributed by atoms with van der Waals surface area (Å²) in [6.45, 7) is 5.09. The Balaban J connectivity index is 2.23. The number of carboxylic acid groups (broad SMARTS) is 1. The molecule has 202 valence electrons. The molecule has 0 aliphatic carbocycles. The number of hydrogen-bond donors (Lipinski definition) is 7. The summed E-state index contributed by atoms with van der Waals surface area (Å²) in [7, 11) is 0. The highest BCUT2D eigenvalue weighted by Crippen LogP contribution is 2.09. The largest absolute Gasteiger partial charge is 0.480 e. The van der Waals surface area contributed by atoms with Crippen molar-refractivity contribution in [3.63, 3.8) is 0 Å². The molecule has 2 rings (SSSR count). The van der Waals surface area contributed by atoms with E-state index in [4.69, 9.17) is 5.73 Å². The van der Waals surface area contributed by atoms with Crippen molar-refractivity contribution in [3.05, 3.63) is 54.1 Å². The number of aliphatic carboxylic acids is 1. The predicted molar refractivity (Wildman–Crippen MR) is 135 cm³/mol. The number of nitrogens with one attached hydrogen (secondary N) is 4. The molecule has 0 saturated heterocycles. The van der Waals surface area contributed by atoms with Crippen LogP contribution in [0.3, 0.4) is 0 Å². The Morgan fingerprint density at radius 1 is 0.919 bits per heavy atom. The van der Waals surface area contributed by atoms with Gasteiger partial charge in [0.2, 0.25) is 17.7 Å². The van der Waals surface area contributed by atoms with Gasteiger partial charge >= 0.3 is 5.97 Å². The SMILES string of the molecule is CC(C)CC(NC(=O)C(N)C(C)O)C(=O)NC(Cc1ccccc1)C(=O)NC(Cc1cnc[nH]1)C(=O)O. The second-order valence-corrected chi connectivity index (χ2v) is 9.39. The summed E-state index contributed by atoms with van der Waals surface area (Å²) in [5.41, 5.74) is 6.97. The van der Waals surface area contributed by atoms with Crippen LogP contribution in [0.5, 0.6) is 0 Å². The molecule has 37 heavy (non-hydrogen) atoms. The van der Waals surface area contributed by atoms with E-state index < -0.39 is 54.0 Å². The first-order valence-corrected chi connectivity index (χ1v) is 12.1. The lowest BCUT2D eigenvalue weighted by molar-refractivity contribution is -0.142. The zero-order valence-electron chi connectivity index (χ0n) is 21.2. The van der Waals surface area contributed by atoms with Gasteiger partial charge in [-0.05, 0) is 24.8 Å². The van der Waals surface area contributed by atoms with E-state index in [0.29, 0.717) is 5.69 Å². The van der Waals surface area contributed by atoms with E-state index in [0.717, 1.165) is 5.56 Å². The Kier molecular flexibility index (Phi) is 11.2. The predicted octanol–water partition coefficient (Wildman–Crippen LogP) is -0.512. The van der Waals surface area contributed by atoms with Crippen molar-refractivity contribution >= 4 is 23.7 Å². The molecular formula is C25H36N6O6. The van der Waals surface area contributed by atoms with Crippen molar-refractivity contribution in [3.8, 4) is 0 Å². The third-order valence-corrected chi connectivity index (χ3v) is 5.67. The van der Waals surface area contributed by atoms with Crippen molar-refractivity contribution in [1.82, 2.24) is 25.9 Å². The molecule has 0 aliphatic heterocycles. The van der Waals surface area contributed by atoms with E-state index in [-0.39, 0.29) is 25.2 Å². The molecule has 3 amide bonds. The van der Waals surface area contributed by atoms with Crippen LogP contribution >= 0.6 is 0 Å². The number of nitrogens with two attached hydrogens (primary N) is 1. The standard InChI is InChI=1S/C25H36N6O6/c1-14(2)9-18(30-24(35)21(26)15(3)32)22(33)29-19(10-16-7-5-4-6-8-16)23(34)31-20(25(36)37)11-17-12-27-13-28-17/h4-8,12-15,18-21,32H,9-11,26H2,1-3H3,(H,27,28)(H,29,33)(H,30,35)(H,31,34)(H,36,37). The Morgan fingerprint density at radius 3 is 2.05 bits per heavy atom. The molecule has 5 atom stereocenters. The summed E-state index contributed by atoms with van der Waals surface area (Å²) in [6, 6.07) is 4.28. The number of rotatable bonds is 14. The maximum Gasteiger partial charge on any atom is 0.326 e. The van der Waals surface area contributed by atoms with Gasteiger partial charge in [0.05, 0.1) is 12.4 Å². The van der Waals surface area contributed by atoms with Crippen LogP contribution in [-0.2, 0) is 32.0 Å². The quantitative estimate of drug-likeness (QED) is 0.174.